The number of benzene rings is 1. The highest BCUT2D eigenvalue weighted by molar-refractivity contribution is 6.04. The van der Waals surface area contributed by atoms with Gasteiger partial charge in [-0.15, -0.1) is 0 Å². The van der Waals surface area contributed by atoms with Crippen molar-refractivity contribution < 1.29 is 7.65 Å². The zero-order chi connectivity index (χ0) is 26.7. The van der Waals surface area contributed by atoms with E-state index in [1.165, 1.54) is 16.8 Å². The first kappa shape index (κ1) is 29.2. The second-order valence-corrected chi connectivity index (χ2v) is 9.44. The molecule has 2 N–H and O–H groups in total. The van der Waals surface area contributed by atoms with Crippen LogP contribution in [0.1, 0.15) is 96.7 Å². The smallest absolute Gasteiger partial charge is 0.257 e. The molecule has 198 valence electrons. The Hall–Kier alpha value is -3.05. The van der Waals surface area contributed by atoms with Gasteiger partial charge >= 0.3 is 0 Å². The van der Waals surface area contributed by atoms with Crippen LogP contribution in [0.5, 0.6) is 0 Å². The Balaban J connectivity index is 0.00000334. The monoisotopic (exact) mass is 492 g/mol. The van der Waals surface area contributed by atoms with Crippen molar-refractivity contribution in [3.63, 3.8) is 0 Å². The lowest BCUT2D eigenvalue weighted by Crippen LogP contribution is -2.30. The number of nitrogens with zero attached hydrogens (tertiary/aromatic N) is 2. The SMILES string of the molecule is CC.CCC=C1CC=C(N=CC(C)N[C@@H](C)c2cc(NC(=O)c3cncc(C)c3)ccc2C)C(C)C1.[HH].[HH]. The highest BCUT2D eigenvalue weighted by Gasteiger charge is 2.16. The first-order valence-corrected chi connectivity index (χ1v) is 13.3. The molecule has 2 unspecified atom stereocenters. The summed E-state index contributed by atoms with van der Waals surface area (Å²) >= 11 is 0. The van der Waals surface area contributed by atoms with Gasteiger partial charge in [0.25, 0.3) is 5.91 Å². The molecular formula is C31H48N4O. The van der Waals surface area contributed by atoms with Crippen LogP contribution >= 0.6 is 0 Å². The third-order valence-electron chi connectivity index (χ3n) is 6.24. The number of nitrogens with one attached hydrogen (secondary N) is 2. The number of carbonyl (C=O) groups excluding carboxylic acids is 1. The lowest BCUT2D eigenvalue weighted by molar-refractivity contribution is 0.102. The maximum atomic E-state index is 12.6. The van der Waals surface area contributed by atoms with Crippen LogP contribution in [-0.4, -0.2) is 23.1 Å². The normalized spacial score (nSPS) is 18.3. The number of aromatic nitrogens is 1. The fourth-order valence-corrected chi connectivity index (χ4v) is 4.45. The van der Waals surface area contributed by atoms with Gasteiger partial charge in [0.1, 0.15) is 0 Å². The molecule has 3 atom stereocenters. The van der Waals surface area contributed by atoms with Gasteiger partial charge in [-0.25, -0.2) is 0 Å². The van der Waals surface area contributed by atoms with Gasteiger partial charge in [0, 0.05) is 50.8 Å². The van der Waals surface area contributed by atoms with E-state index in [-0.39, 0.29) is 20.8 Å². The molecule has 1 amide bonds. The summed E-state index contributed by atoms with van der Waals surface area (Å²) in [5.74, 6) is 0.303. The lowest BCUT2D eigenvalue weighted by atomic mass is 9.89. The van der Waals surface area contributed by atoms with Crippen molar-refractivity contribution >= 4 is 17.8 Å². The quantitative estimate of drug-likeness (QED) is 0.288. The first-order chi connectivity index (χ1) is 17.3. The minimum absolute atomic E-state index is 0. The van der Waals surface area contributed by atoms with Crippen LogP contribution in [0.2, 0.25) is 0 Å². The van der Waals surface area contributed by atoms with Gasteiger partial charge in [-0.1, -0.05) is 51.5 Å². The highest BCUT2D eigenvalue weighted by atomic mass is 16.1. The molecule has 2 aromatic rings. The molecule has 36 heavy (non-hydrogen) atoms. The third-order valence-corrected chi connectivity index (χ3v) is 6.24. The van der Waals surface area contributed by atoms with Crippen LogP contribution in [0.25, 0.3) is 0 Å². The van der Waals surface area contributed by atoms with E-state index in [1.807, 2.05) is 51.3 Å². The Morgan fingerprint density at radius 1 is 1.22 bits per heavy atom. The van der Waals surface area contributed by atoms with E-state index in [9.17, 15) is 4.79 Å². The van der Waals surface area contributed by atoms with Crippen LogP contribution in [-0.2, 0) is 0 Å². The first-order valence-electron chi connectivity index (χ1n) is 13.3. The fourth-order valence-electron chi connectivity index (χ4n) is 4.45. The lowest BCUT2D eigenvalue weighted by Gasteiger charge is -2.22. The van der Waals surface area contributed by atoms with Crippen molar-refractivity contribution in [2.24, 2.45) is 10.9 Å². The Kier molecular flexibility index (Phi) is 11.7. The van der Waals surface area contributed by atoms with Crippen LogP contribution < -0.4 is 10.6 Å². The standard InChI is InChI=1S/C29H38N4O.C2H6.2H2/c1-7-8-24-10-12-28(21(4)14-24)31-17-22(5)32-23(6)27-15-26(11-9-20(27)3)33-29(34)25-13-19(2)16-30-18-25;1-2;;/h8-9,11-13,15-18,21-23,32H,7,10,14H2,1-6H3,(H,33,34);1-2H3;2*1H/t21?,22?,23-;;;/m0.../s1. The van der Waals surface area contributed by atoms with Gasteiger partial charge in [-0.3, -0.25) is 14.8 Å². The van der Waals surface area contributed by atoms with Gasteiger partial charge in [0.05, 0.1) is 5.56 Å². The number of hydrogen-bond acceptors (Lipinski definition) is 4. The zero-order valence-corrected chi connectivity index (χ0v) is 23.4. The number of amides is 1. The van der Waals surface area contributed by atoms with E-state index in [2.05, 4.69) is 62.4 Å². The summed E-state index contributed by atoms with van der Waals surface area (Å²) in [7, 11) is 0. The number of allylic oxidation sites excluding steroid dienone is 4. The van der Waals surface area contributed by atoms with Gasteiger partial charge in [-0.05, 0) is 81.8 Å². The third kappa shape index (κ3) is 8.56. The summed E-state index contributed by atoms with van der Waals surface area (Å²) in [5.41, 5.74) is 7.33. The second kappa shape index (κ2) is 14.5. The molecule has 5 heteroatoms. The maximum absolute atomic E-state index is 12.6. The Morgan fingerprint density at radius 3 is 2.64 bits per heavy atom. The minimum Gasteiger partial charge on any atom is -0.322 e. The highest BCUT2D eigenvalue weighted by Crippen LogP contribution is 2.29. The molecule has 3 rings (SSSR count). The number of aryl methyl sites for hydroxylation is 2. The molecule has 0 saturated carbocycles. The molecule has 1 aromatic carbocycles. The number of aliphatic imine (C=N–C) groups is 1. The summed E-state index contributed by atoms with van der Waals surface area (Å²) in [4.78, 5) is 21.6. The Morgan fingerprint density at radius 2 is 1.97 bits per heavy atom. The summed E-state index contributed by atoms with van der Waals surface area (Å²) in [5, 5.41) is 6.63. The van der Waals surface area contributed by atoms with Crippen molar-refractivity contribution in [1.82, 2.24) is 10.3 Å². The Bertz CT molecular complexity index is 1110. The van der Waals surface area contributed by atoms with E-state index in [0.717, 1.165) is 36.1 Å². The van der Waals surface area contributed by atoms with E-state index < -0.39 is 0 Å². The molecule has 1 heterocycles. The van der Waals surface area contributed by atoms with Gasteiger partial charge in [0.2, 0.25) is 0 Å². The number of rotatable bonds is 8. The number of pyridine rings is 1. The zero-order valence-electron chi connectivity index (χ0n) is 23.4. The molecule has 1 aromatic heterocycles. The van der Waals surface area contributed by atoms with E-state index in [1.54, 1.807) is 12.4 Å². The average molecular weight is 493 g/mol. The second-order valence-electron chi connectivity index (χ2n) is 9.44. The number of carbonyl (C=O) groups is 1. The van der Waals surface area contributed by atoms with Crippen LogP contribution in [0, 0.1) is 19.8 Å². The fraction of sp³-hybridized carbons (Fsp3) is 0.452. The molecule has 1 aliphatic carbocycles. The minimum atomic E-state index is -0.154. The van der Waals surface area contributed by atoms with Crippen molar-refractivity contribution in [2.75, 3.05) is 5.32 Å². The van der Waals surface area contributed by atoms with Crippen molar-refractivity contribution in [3.05, 3.63) is 82.3 Å². The van der Waals surface area contributed by atoms with Crippen molar-refractivity contribution in [1.29, 1.82) is 0 Å². The van der Waals surface area contributed by atoms with Gasteiger partial charge < -0.3 is 10.6 Å². The van der Waals surface area contributed by atoms with E-state index in [4.69, 9.17) is 4.99 Å². The molecule has 0 saturated heterocycles. The summed E-state index contributed by atoms with van der Waals surface area (Å²) in [6.07, 6.45) is 13.2. The summed E-state index contributed by atoms with van der Waals surface area (Å²) < 4.78 is 0. The maximum Gasteiger partial charge on any atom is 0.257 e. The molecule has 0 fully saturated rings. The van der Waals surface area contributed by atoms with Crippen LogP contribution in [0.15, 0.2) is 65.1 Å². The van der Waals surface area contributed by atoms with Gasteiger partial charge in [-0.2, -0.15) is 0 Å². The number of hydrogen-bond donors (Lipinski definition) is 2. The molecular weight excluding hydrogens is 444 g/mol. The number of anilines is 1. The molecule has 0 spiro atoms. The Labute approximate surface area is 221 Å². The van der Waals surface area contributed by atoms with Crippen LogP contribution in [0.4, 0.5) is 5.69 Å². The predicted molar refractivity (Wildman–Crippen MR) is 158 cm³/mol. The van der Waals surface area contributed by atoms with Crippen LogP contribution in [0.3, 0.4) is 0 Å². The molecule has 1 aliphatic rings. The topological polar surface area (TPSA) is 66.4 Å². The molecule has 5 nitrogen and oxygen atoms in total. The van der Waals surface area contributed by atoms with Crippen molar-refractivity contribution in [2.45, 2.75) is 86.7 Å². The molecule has 0 aliphatic heterocycles. The summed E-state index contributed by atoms with van der Waals surface area (Å²) in [6, 6.07) is 8.10. The average Bonchev–Trinajstić information content (AvgIpc) is 2.86. The van der Waals surface area contributed by atoms with Gasteiger partial charge in [0.15, 0.2) is 0 Å². The van der Waals surface area contributed by atoms with E-state index >= 15 is 0 Å². The predicted octanol–water partition coefficient (Wildman–Crippen LogP) is 8.23. The van der Waals surface area contributed by atoms with Crippen molar-refractivity contribution in [3.8, 4) is 0 Å². The molecule has 0 bridgehead atoms. The molecule has 0 radical (unpaired) electrons. The van der Waals surface area contributed by atoms with E-state index in [0.29, 0.717) is 11.5 Å². The largest absolute Gasteiger partial charge is 0.322 e. The summed E-state index contributed by atoms with van der Waals surface area (Å²) in [6.45, 7) is 16.7.